The molecule has 0 aliphatic carbocycles. The molecule has 0 spiro atoms. The Kier molecular flexibility index (Phi) is 6.67. The van der Waals surface area contributed by atoms with Crippen molar-refractivity contribution in [3.8, 4) is 0 Å². The third-order valence-corrected chi connectivity index (χ3v) is 5.98. The van der Waals surface area contributed by atoms with E-state index in [1.54, 1.807) is 0 Å². The van der Waals surface area contributed by atoms with Gasteiger partial charge in [0.2, 0.25) is 0 Å². The molecule has 2 nitrogen and oxygen atoms in total. The van der Waals surface area contributed by atoms with Gasteiger partial charge in [0.05, 0.1) is 15.7 Å². The van der Waals surface area contributed by atoms with Crippen molar-refractivity contribution in [1.29, 1.82) is 0 Å². The van der Waals surface area contributed by atoms with Gasteiger partial charge in [0.15, 0.2) is 0 Å². The fraction of sp³-hybridized carbons (Fsp3) is 0.625. The minimum absolute atomic E-state index is 0.388. The molecule has 1 aromatic carbocycles. The van der Waals surface area contributed by atoms with Crippen LogP contribution in [0.25, 0.3) is 0 Å². The van der Waals surface area contributed by atoms with Gasteiger partial charge in [-0.05, 0) is 73.3 Å². The average Bonchev–Trinajstić information content (AvgIpc) is 2.48. The number of piperidine rings is 1. The lowest BCUT2D eigenvalue weighted by Crippen LogP contribution is -2.42. The van der Waals surface area contributed by atoms with Crippen LogP contribution in [0.1, 0.15) is 33.1 Å². The molecule has 0 radical (unpaired) electrons. The van der Waals surface area contributed by atoms with Crippen LogP contribution in [-0.2, 0) is 0 Å². The lowest BCUT2D eigenvalue weighted by atomic mass is 9.91. The molecule has 0 amide bonds. The molecule has 1 aromatic rings. The summed E-state index contributed by atoms with van der Waals surface area (Å²) in [6.45, 7) is 8.10. The number of rotatable bonds is 5. The molecule has 5 heteroatoms. The molecule has 2 atom stereocenters. The molecule has 1 aliphatic rings. The number of hydrogen-bond donors (Lipinski definition) is 1. The molecule has 0 aromatic heterocycles. The Hall–Kier alpha value is 0.0400. The number of nitrogens with zero attached hydrogens (tertiary/aromatic N) is 1. The second kappa shape index (κ2) is 8.05. The van der Waals surface area contributed by atoms with E-state index in [0.717, 1.165) is 10.2 Å². The van der Waals surface area contributed by atoms with Crippen molar-refractivity contribution >= 4 is 44.8 Å². The highest BCUT2D eigenvalue weighted by Gasteiger charge is 2.24. The van der Waals surface area contributed by atoms with E-state index in [-0.39, 0.29) is 0 Å². The van der Waals surface area contributed by atoms with E-state index in [1.807, 2.05) is 12.1 Å². The smallest absolute Gasteiger partial charge is 0.0835 e. The normalized spacial score (nSPS) is 21.3. The lowest BCUT2D eigenvalue weighted by Gasteiger charge is -2.36. The molecule has 1 N–H and O–H groups in total. The number of anilines is 1. The first-order valence-electron chi connectivity index (χ1n) is 7.65. The summed E-state index contributed by atoms with van der Waals surface area (Å²) < 4.78 is 0.833. The van der Waals surface area contributed by atoms with Gasteiger partial charge in [-0.2, -0.15) is 0 Å². The Morgan fingerprint density at radius 1 is 1.38 bits per heavy atom. The van der Waals surface area contributed by atoms with Crippen molar-refractivity contribution in [2.45, 2.75) is 39.2 Å². The maximum Gasteiger partial charge on any atom is 0.0835 e. The Labute approximate surface area is 146 Å². The van der Waals surface area contributed by atoms with Gasteiger partial charge in [-0.3, -0.25) is 0 Å². The maximum atomic E-state index is 6.33. The summed E-state index contributed by atoms with van der Waals surface area (Å²) in [5.41, 5.74) is 0.921. The van der Waals surface area contributed by atoms with E-state index >= 15 is 0 Å². The Morgan fingerprint density at radius 3 is 2.86 bits per heavy atom. The first-order valence-corrected chi connectivity index (χ1v) is 9.20. The number of hydrogen-bond acceptors (Lipinski definition) is 2. The van der Waals surface area contributed by atoms with Gasteiger partial charge in [0, 0.05) is 17.1 Å². The predicted molar refractivity (Wildman–Crippen MR) is 96.7 cm³/mol. The molecule has 118 valence electrons. The summed E-state index contributed by atoms with van der Waals surface area (Å²) >= 11 is 15.9. The average molecular weight is 394 g/mol. The summed E-state index contributed by atoms with van der Waals surface area (Å²) in [6.07, 6.45) is 3.78. The van der Waals surface area contributed by atoms with Crippen LogP contribution in [-0.4, -0.2) is 30.6 Å². The zero-order valence-corrected chi connectivity index (χ0v) is 15.7. The first-order chi connectivity index (χ1) is 10.0. The molecular weight excluding hydrogens is 371 g/mol. The monoisotopic (exact) mass is 392 g/mol. The molecule has 21 heavy (non-hydrogen) atoms. The zero-order chi connectivity index (χ0) is 15.4. The highest BCUT2D eigenvalue weighted by atomic mass is 79.9. The Balaban J connectivity index is 2.01. The highest BCUT2D eigenvalue weighted by molar-refractivity contribution is 9.10. The van der Waals surface area contributed by atoms with E-state index in [0.29, 0.717) is 22.0 Å². The molecule has 0 saturated carbocycles. The van der Waals surface area contributed by atoms with Gasteiger partial charge in [-0.25, -0.2) is 0 Å². The van der Waals surface area contributed by atoms with Crippen molar-refractivity contribution in [2.24, 2.45) is 5.92 Å². The molecule has 1 heterocycles. The van der Waals surface area contributed by atoms with E-state index in [9.17, 15) is 0 Å². The molecule has 1 saturated heterocycles. The Morgan fingerprint density at radius 2 is 2.14 bits per heavy atom. The van der Waals surface area contributed by atoms with E-state index < -0.39 is 0 Å². The third-order valence-electron chi connectivity index (χ3n) is 4.21. The topological polar surface area (TPSA) is 15.3 Å². The summed E-state index contributed by atoms with van der Waals surface area (Å²) in [7, 11) is 0. The van der Waals surface area contributed by atoms with Crippen LogP contribution in [0.5, 0.6) is 0 Å². The van der Waals surface area contributed by atoms with Crippen LogP contribution in [0.2, 0.25) is 10.0 Å². The molecule has 1 fully saturated rings. The van der Waals surface area contributed by atoms with Crippen LogP contribution in [0.3, 0.4) is 0 Å². The summed E-state index contributed by atoms with van der Waals surface area (Å²) in [5.74, 6) is 0.656. The first kappa shape index (κ1) is 17.4. The molecular formula is C16H23BrCl2N2. The number of likely N-dealkylation sites (tertiary alicyclic amines) is 1. The largest absolute Gasteiger partial charge is 0.381 e. The van der Waals surface area contributed by atoms with Crippen molar-refractivity contribution in [2.75, 3.05) is 25.0 Å². The summed E-state index contributed by atoms with van der Waals surface area (Å²) in [4.78, 5) is 2.57. The van der Waals surface area contributed by atoms with Crippen molar-refractivity contribution in [3.05, 3.63) is 26.7 Å². The van der Waals surface area contributed by atoms with Gasteiger partial charge in [-0.1, -0.05) is 30.1 Å². The number of nitrogens with one attached hydrogen (secondary N) is 1. The number of halogens is 3. The highest BCUT2D eigenvalue weighted by Crippen LogP contribution is 2.36. The molecule has 2 rings (SSSR count). The fourth-order valence-electron chi connectivity index (χ4n) is 3.02. The number of benzene rings is 1. The van der Waals surface area contributed by atoms with Gasteiger partial charge < -0.3 is 10.2 Å². The second-order valence-electron chi connectivity index (χ2n) is 5.86. The maximum absolute atomic E-state index is 6.33. The van der Waals surface area contributed by atoms with Gasteiger partial charge in [0.25, 0.3) is 0 Å². The zero-order valence-electron chi connectivity index (χ0n) is 12.6. The SMILES string of the molecule is CCCN1CCCC(C(C)Nc2ccc(Br)c(Cl)c2Cl)C1. The predicted octanol–water partition coefficient (Wildman–Crippen LogP) is 5.68. The van der Waals surface area contributed by atoms with Crippen molar-refractivity contribution < 1.29 is 0 Å². The van der Waals surface area contributed by atoms with Crippen LogP contribution in [0, 0.1) is 5.92 Å². The van der Waals surface area contributed by atoms with Crippen molar-refractivity contribution in [3.63, 3.8) is 0 Å². The molecule has 2 unspecified atom stereocenters. The van der Waals surface area contributed by atoms with E-state index in [4.69, 9.17) is 23.2 Å². The van der Waals surface area contributed by atoms with Gasteiger partial charge >= 0.3 is 0 Å². The standard InChI is InChI=1S/C16H23BrCl2N2/c1-3-8-21-9-4-5-12(10-21)11(2)20-14-7-6-13(17)15(18)16(14)19/h6-7,11-12,20H,3-5,8-10H2,1-2H3. The Bertz CT molecular complexity index is 480. The van der Waals surface area contributed by atoms with Crippen LogP contribution < -0.4 is 5.32 Å². The quantitative estimate of drug-likeness (QED) is 0.647. The summed E-state index contributed by atoms with van der Waals surface area (Å²) in [5, 5.41) is 4.72. The molecule has 0 bridgehead atoms. The van der Waals surface area contributed by atoms with Crippen molar-refractivity contribution in [1.82, 2.24) is 4.90 Å². The lowest BCUT2D eigenvalue weighted by molar-refractivity contribution is 0.165. The van der Waals surface area contributed by atoms with E-state index in [1.165, 1.54) is 38.9 Å². The summed E-state index contributed by atoms with van der Waals surface area (Å²) in [6, 6.07) is 4.31. The van der Waals surface area contributed by atoms with Crippen LogP contribution in [0.4, 0.5) is 5.69 Å². The van der Waals surface area contributed by atoms with E-state index in [2.05, 4.69) is 40.0 Å². The van der Waals surface area contributed by atoms with Gasteiger partial charge in [-0.15, -0.1) is 0 Å². The van der Waals surface area contributed by atoms with Gasteiger partial charge in [0.1, 0.15) is 0 Å². The minimum Gasteiger partial charge on any atom is -0.381 e. The van der Waals surface area contributed by atoms with Crippen LogP contribution in [0.15, 0.2) is 16.6 Å². The minimum atomic E-state index is 0.388. The molecule has 1 aliphatic heterocycles. The fourth-order valence-corrected chi connectivity index (χ4v) is 3.85. The third kappa shape index (κ3) is 4.51. The second-order valence-corrected chi connectivity index (χ2v) is 7.47. The van der Waals surface area contributed by atoms with Crippen LogP contribution >= 0.6 is 39.1 Å².